The highest BCUT2D eigenvalue weighted by Gasteiger charge is 2.21. The Balaban J connectivity index is 1.63. The second-order valence-electron chi connectivity index (χ2n) is 7.72. The molecule has 0 bridgehead atoms. The van der Waals surface area contributed by atoms with Gasteiger partial charge in [-0.05, 0) is 31.0 Å². The van der Waals surface area contributed by atoms with Crippen molar-refractivity contribution >= 4 is 34.2 Å². The molecule has 9 heteroatoms. The number of nitrogens with one attached hydrogen (secondary N) is 1. The molecule has 1 amide bonds. The zero-order chi connectivity index (χ0) is 24.4. The molecule has 8 nitrogen and oxygen atoms in total. The number of aryl methyl sites for hydroxylation is 2. The van der Waals surface area contributed by atoms with Gasteiger partial charge < -0.3 is 19.5 Å². The van der Waals surface area contributed by atoms with E-state index in [1.807, 2.05) is 50.4 Å². The molecular weight excluding hydrogens is 456 g/mol. The number of hydrogen-bond donors (Lipinski definition) is 1. The van der Waals surface area contributed by atoms with E-state index in [2.05, 4.69) is 15.4 Å². The fourth-order valence-corrected chi connectivity index (χ4v) is 4.00. The zero-order valence-corrected chi connectivity index (χ0v) is 20.3. The largest absolute Gasteiger partial charge is 0.495 e. The van der Waals surface area contributed by atoms with Gasteiger partial charge in [-0.2, -0.15) is 10.1 Å². The highest BCUT2D eigenvalue weighted by molar-refractivity contribution is 6.32. The van der Waals surface area contributed by atoms with Crippen LogP contribution in [-0.2, 0) is 11.8 Å². The van der Waals surface area contributed by atoms with Crippen LogP contribution in [0.3, 0.4) is 0 Å². The standard InChI is InChI=1S/C25H25ClN4O4/c1-14-23-17(16-9-7-6-8-10-16)11-22(28-24(23)30(3)29-14)34-15(2)25(31)27-19-12-18(26)20(32-4)13-21(19)33-5/h6-13,15H,1-5H3,(H,27,31)/t15-/m1/s1. The third kappa shape index (κ3) is 4.49. The van der Waals surface area contributed by atoms with Crippen LogP contribution >= 0.6 is 11.6 Å². The van der Waals surface area contributed by atoms with Crippen LogP contribution in [0.1, 0.15) is 12.6 Å². The van der Waals surface area contributed by atoms with Crippen molar-refractivity contribution in [1.82, 2.24) is 14.8 Å². The average molecular weight is 481 g/mol. The van der Waals surface area contributed by atoms with Gasteiger partial charge >= 0.3 is 0 Å². The van der Waals surface area contributed by atoms with Gasteiger partial charge in [-0.15, -0.1) is 0 Å². The molecule has 0 radical (unpaired) electrons. The molecule has 4 aromatic rings. The van der Waals surface area contributed by atoms with Crippen LogP contribution in [0.2, 0.25) is 5.02 Å². The van der Waals surface area contributed by atoms with Crippen LogP contribution in [0.5, 0.6) is 17.4 Å². The van der Waals surface area contributed by atoms with Crippen molar-refractivity contribution in [2.24, 2.45) is 7.05 Å². The topological polar surface area (TPSA) is 87.5 Å². The van der Waals surface area contributed by atoms with Crippen LogP contribution in [0, 0.1) is 6.92 Å². The highest BCUT2D eigenvalue weighted by atomic mass is 35.5. The van der Waals surface area contributed by atoms with Crippen LogP contribution in [0.25, 0.3) is 22.2 Å². The molecule has 0 aliphatic rings. The number of pyridine rings is 1. The Bertz CT molecular complexity index is 1350. The Hall–Kier alpha value is -3.78. The van der Waals surface area contributed by atoms with E-state index >= 15 is 0 Å². The lowest BCUT2D eigenvalue weighted by atomic mass is 10.0. The maximum atomic E-state index is 12.9. The minimum atomic E-state index is -0.853. The number of anilines is 1. The Morgan fingerprint density at radius 3 is 2.47 bits per heavy atom. The van der Waals surface area contributed by atoms with E-state index in [4.69, 9.17) is 25.8 Å². The fourth-order valence-electron chi connectivity index (χ4n) is 3.75. The fraction of sp³-hybridized carbons (Fsp3) is 0.240. The van der Waals surface area contributed by atoms with Gasteiger partial charge in [0.15, 0.2) is 11.8 Å². The molecule has 0 saturated carbocycles. The van der Waals surface area contributed by atoms with Crippen LogP contribution in [-0.4, -0.2) is 41.0 Å². The van der Waals surface area contributed by atoms with Gasteiger partial charge in [-0.3, -0.25) is 9.48 Å². The predicted molar refractivity (Wildman–Crippen MR) is 132 cm³/mol. The minimum absolute atomic E-state index is 0.316. The van der Waals surface area contributed by atoms with Gasteiger partial charge in [0.2, 0.25) is 5.88 Å². The molecule has 1 N–H and O–H groups in total. The molecule has 0 saturated heterocycles. The van der Waals surface area contributed by atoms with Crippen LogP contribution in [0.4, 0.5) is 5.69 Å². The van der Waals surface area contributed by atoms with Crippen molar-refractivity contribution in [3.05, 3.63) is 59.2 Å². The molecule has 0 aliphatic heterocycles. The molecular formula is C25H25ClN4O4. The summed E-state index contributed by atoms with van der Waals surface area (Å²) in [7, 11) is 4.83. The van der Waals surface area contributed by atoms with Gasteiger partial charge in [-0.25, -0.2) is 0 Å². The molecule has 1 atom stereocenters. The summed E-state index contributed by atoms with van der Waals surface area (Å²) in [4.78, 5) is 17.5. The van der Waals surface area contributed by atoms with Gasteiger partial charge in [-0.1, -0.05) is 41.9 Å². The Morgan fingerprint density at radius 1 is 1.09 bits per heavy atom. The third-order valence-corrected chi connectivity index (χ3v) is 5.72. The number of methoxy groups -OCH3 is 2. The SMILES string of the molecule is COc1cc(OC)c(NC(=O)[C@@H](C)Oc2cc(-c3ccccc3)c3c(C)nn(C)c3n2)cc1Cl. The van der Waals surface area contributed by atoms with Crippen molar-refractivity contribution in [1.29, 1.82) is 0 Å². The normalized spacial score (nSPS) is 11.8. The molecule has 2 aromatic heterocycles. The van der Waals surface area contributed by atoms with Gasteiger partial charge in [0.05, 0.1) is 36.0 Å². The Morgan fingerprint density at radius 2 is 1.79 bits per heavy atom. The van der Waals surface area contributed by atoms with E-state index < -0.39 is 6.10 Å². The van der Waals surface area contributed by atoms with Crippen molar-refractivity contribution in [3.63, 3.8) is 0 Å². The molecule has 176 valence electrons. The van der Waals surface area contributed by atoms with Gasteiger partial charge in [0.1, 0.15) is 11.5 Å². The third-order valence-electron chi connectivity index (χ3n) is 5.43. The lowest BCUT2D eigenvalue weighted by Crippen LogP contribution is -2.30. The van der Waals surface area contributed by atoms with E-state index in [-0.39, 0.29) is 5.91 Å². The number of carbonyl (C=O) groups excluding carboxylic acids is 1. The first-order valence-corrected chi connectivity index (χ1v) is 11.0. The maximum absolute atomic E-state index is 12.9. The number of fused-ring (bicyclic) bond motifs is 1. The summed E-state index contributed by atoms with van der Waals surface area (Å²) >= 11 is 6.22. The molecule has 2 heterocycles. The van der Waals surface area contributed by atoms with E-state index in [9.17, 15) is 4.79 Å². The molecule has 34 heavy (non-hydrogen) atoms. The van der Waals surface area contributed by atoms with Crippen LogP contribution < -0.4 is 19.5 Å². The molecule has 2 aromatic carbocycles. The van der Waals surface area contributed by atoms with Crippen molar-refractivity contribution in [2.75, 3.05) is 19.5 Å². The number of rotatable bonds is 7. The minimum Gasteiger partial charge on any atom is -0.495 e. The second kappa shape index (κ2) is 9.61. The van der Waals surface area contributed by atoms with Crippen LogP contribution in [0.15, 0.2) is 48.5 Å². The number of halogens is 1. The Labute approximate surface area is 202 Å². The van der Waals surface area contributed by atoms with Gasteiger partial charge in [0, 0.05) is 19.2 Å². The number of nitrogens with zero attached hydrogens (tertiary/aromatic N) is 3. The zero-order valence-electron chi connectivity index (χ0n) is 19.5. The summed E-state index contributed by atoms with van der Waals surface area (Å²) in [6.07, 6.45) is -0.853. The molecule has 0 aliphatic carbocycles. The quantitative estimate of drug-likeness (QED) is 0.399. The monoisotopic (exact) mass is 480 g/mol. The van der Waals surface area contributed by atoms with E-state index in [0.29, 0.717) is 33.7 Å². The summed E-state index contributed by atoms with van der Waals surface area (Å²) in [5.74, 6) is 0.789. The maximum Gasteiger partial charge on any atom is 0.265 e. The number of benzene rings is 2. The highest BCUT2D eigenvalue weighted by Crippen LogP contribution is 2.36. The average Bonchev–Trinajstić information content (AvgIpc) is 3.12. The number of aromatic nitrogens is 3. The molecule has 0 unspecified atom stereocenters. The first-order chi connectivity index (χ1) is 16.3. The first-order valence-electron chi connectivity index (χ1n) is 10.6. The lowest BCUT2D eigenvalue weighted by molar-refractivity contribution is -0.122. The second-order valence-corrected chi connectivity index (χ2v) is 8.13. The number of amides is 1. The van der Waals surface area contributed by atoms with Gasteiger partial charge in [0.25, 0.3) is 5.91 Å². The predicted octanol–water partition coefficient (Wildman–Crippen LogP) is 5.02. The van der Waals surface area contributed by atoms with E-state index in [0.717, 1.165) is 22.2 Å². The summed E-state index contributed by atoms with van der Waals surface area (Å²) in [5, 5.41) is 8.60. The Kier molecular flexibility index (Phi) is 6.61. The smallest absolute Gasteiger partial charge is 0.265 e. The van der Waals surface area contributed by atoms with Crippen molar-refractivity contribution < 1.29 is 19.0 Å². The molecule has 0 spiro atoms. The summed E-state index contributed by atoms with van der Waals surface area (Å²) in [6, 6.07) is 14.9. The molecule has 4 rings (SSSR count). The van der Waals surface area contributed by atoms with Crippen molar-refractivity contribution in [2.45, 2.75) is 20.0 Å². The van der Waals surface area contributed by atoms with E-state index in [1.54, 1.807) is 23.7 Å². The summed E-state index contributed by atoms with van der Waals surface area (Å²) in [5.41, 5.74) is 3.88. The number of ether oxygens (including phenoxy) is 3. The first kappa shape index (κ1) is 23.4. The summed E-state index contributed by atoms with van der Waals surface area (Å²) < 4.78 is 18.2. The number of hydrogen-bond acceptors (Lipinski definition) is 6. The summed E-state index contributed by atoms with van der Waals surface area (Å²) in [6.45, 7) is 3.59. The number of carbonyl (C=O) groups is 1. The van der Waals surface area contributed by atoms with Crippen molar-refractivity contribution in [3.8, 4) is 28.5 Å². The molecule has 0 fully saturated rings. The lowest BCUT2D eigenvalue weighted by Gasteiger charge is -2.17. The van der Waals surface area contributed by atoms with E-state index in [1.165, 1.54) is 14.2 Å².